The van der Waals surface area contributed by atoms with Gasteiger partial charge in [0, 0.05) is 6.04 Å². The molecule has 2 unspecified atom stereocenters. The third kappa shape index (κ3) is 1.62. The number of carbonyl (C=O) groups is 3. The Morgan fingerprint density at radius 2 is 1.86 bits per heavy atom. The van der Waals surface area contributed by atoms with E-state index in [1.54, 1.807) is 6.92 Å². The Morgan fingerprint density at radius 1 is 1.29 bits per heavy atom. The number of imide groups is 2. The molecule has 78 valence electrons. The number of urea groups is 1. The molecule has 0 aromatic carbocycles. The quantitative estimate of drug-likeness (QED) is 0.530. The van der Waals surface area contributed by atoms with Crippen LogP contribution in [0.5, 0.6) is 0 Å². The maximum absolute atomic E-state index is 11.3. The molecule has 14 heavy (non-hydrogen) atoms. The van der Waals surface area contributed by atoms with Crippen molar-refractivity contribution in [2.75, 3.05) is 0 Å². The van der Waals surface area contributed by atoms with E-state index in [1.165, 1.54) is 0 Å². The summed E-state index contributed by atoms with van der Waals surface area (Å²) in [6, 6.07) is -0.841. The second-order valence-corrected chi connectivity index (χ2v) is 3.56. The Labute approximate surface area is 82.4 Å². The molecule has 0 aliphatic carbocycles. The fourth-order valence-corrected chi connectivity index (χ4v) is 1.38. The van der Waals surface area contributed by atoms with Crippen molar-refractivity contribution in [1.82, 2.24) is 10.2 Å². The average molecular weight is 198 g/mol. The maximum Gasteiger partial charge on any atom is 0.331 e. The molecule has 1 aliphatic rings. The molecular formula is C9H14N2O3. The summed E-state index contributed by atoms with van der Waals surface area (Å²) < 4.78 is 0. The maximum atomic E-state index is 11.3. The second kappa shape index (κ2) is 3.77. The van der Waals surface area contributed by atoms with E-state index in [0.717, 1.165) is 11.3 Å². The molecule has 1 N–H and O–H groups in total. The number of hydrogen-bond acceptors (Lipinski definition) is 3. The molecule has 4 amide bonds. The largest absolute Gasteiger partial charge is 0.331 e. The van der Waals surface area contributed by atoms with Crippen molar-refractivity contribution in [2.24, 2.45) is 5.92 Å². The lowest BCUT2D eigenvalue weighted by molar-refractivity contribution is -0.141. The van der Waals surface area contributed by atoms with Crippen molar-refractivity contribution in [1.29, 1.82) is 0 Å². The minimum absolute atomic E-state index is 0.190. The van der Waals surface area contributed by atoms with Crippen LogP contribution in [0.1, 0.15) is 27.2 Å². The van der Waals surface area contributed by atoms with Crippen molar-refractivity contribution >= 4 is 17.8 Å². The molecule has 1 saturated heterocycles. The van der Waals surface area contributed by atoms with Gasteiger partial charge in [0.2, 0.25) is 0 Å². The highest BCUT2D eigenvalue weighted by Crippen LogP contribution is 2.16. The molecule has 0 radical (unpaired) electrons. The van der Waals surface area contributed by atoms with Crippen molar-refractivity contribution in [2.45, 2.75) is 33.2 Å². The molecule has 0 aromatic heterocycles. The van der Waals surface area contributed by atoms with Crippen LogP contribution >= 0.6 is 0 Å². The molecule has 1 aliphatic heterocycles. The van der Waals surface area contributed by atoms with Crippen LogP contribution in [0.4, 0.5) is 4.79 Å². The van der Waals surface area contributed by atoms with Crippen molar-refractivity contribution < 1.29 is 14.4 Å². The van der Waals surface area contributed by atoms with Crippen LogP contribution < -0.4 is 5.32 Å². The first kappa shape index (κ1) is 10.7. The number of amides is 4. The van der Waals surface area contributed by atoms with Gasteiger partial charge >= 0.3 is 17.8 Å². The summed E-state index contributed by atoms with van der Waals surface area (Å²) in [5, 5.41) is 1.98. The third-order valence-electron chi connectivity index (χ3n) is 2.73. The molecular weight excluding hydrogens is 184 g/mol. The van der Waals surface area contributed by atoms with Gasteiger partial charge in [-0.05, 0) is 12.8 Å². The van der Waals surface area contributed by atoms with E-state index in [2.05, 4.69) is 0 Å². The van der Waals surface area contributed by atoms with Gasteiger partial charge in [0.1, 0.15) is 0 Å². The lowest BCUT2D eigenvalue weighted by atomic mass is 10.00. The molecule has 5 heteroatoms. The van der Waals surface area contributed by atoms with Crippen LogP contribution in [0, 0.1) is 5.92 Å². The smallest absolute Gasteiger partial charge is 0.269 e. The summed E-state index contributed by atoms with van der Waals surface area (Å²) in [5.41, 5.74) is 0. The topological polar surface area (TPSA) is 66.5 Å². The first-order valence-electron chi connectivity index (χ1n) is 4.67. The molecule has 0 bridgehead atoms. The minimum Gasteiger partial charge on any atom is -0.269 e. The molecule has 0 saturated carbocycles. The van der Waals surface area contributed by atoms with Crippen LogP contribution in [0.3, 0.4) is 0 Å². The summed E-state index contributed by atoms with van der Waals surface area (Å²) in [5.74, 6) is -1.39. The van der Waals surface area contributed by atoms with Crippen LogP contribution in [0.2, 0.25) is 0 Å². The van der Waals surface area contributed by atoms with Gasteiger partial charge < -0.3 is 0 Å². The lowest BCUT2D eigenvalue weighted by Crippen LogP contribution is -2.42. The standard InChI is InChI=1S/C9H14N2O3/c1-4-5(2)6(3)11-8(13)7(12)10-9(11)14/h5-6H,4H2,1-3H3,(H,10,12,14). The van der Waals surface area contributed by atoms with Crippen molar-refractivity contribution in [3.63, 3.8) is 0 Å². The normalized spacial score (nSPS) is 21.1. The van der Waals surface area contributed by atoms with Crippen LogP contribution in [0.25, 0.3) is 0 Å². The van der Waals surface area contributed by atoms with E-state index in [0.29, 0.717) is 0 Å². The van der Waals surface area contributed by atoms with E-state index in [-0.39, 0.29) is 12.0 Å². The molecule has 1 heterocycles. The Bertz CT molecular complexity index is 288. The number of carbonyl (C=O) groups excluding carboxylic acids is 3. The molecule has 0 aromatic rings. The third-order valence-corrected chi connectivity index (χ3v) is 2.73. The van der Waals surface area contributed by atoms with Gasteiger partial charge in [0.05, 0.1) is 0 Å². The van der Waals surface area contributed by atoms with Gasteiger partial charge in [0.15, 0.2) is 0 Å². The molecule has 0 spiro atoms. The van der Waals surface area contributed by atoms with Crippen LogP contribution in [-0.2, 0) is 9.59 Å². The van der Waals surface area contributed by atoms with Crippen LogP contribution in [0.15, 0.2) is 0 Å². The Hall–Kier alpha value is -1.39. The fraction of sp³-hybridized carbons (Fsp3) is 0.667. The Morgan fingerprint density at radius 3 is 2.21 bits per heavy atom. The van der Waals surface area contributed by atoms with Gasteiger partial charge in [-0.3, -0.25) is 19.8 Å². The van der Waals surface area contributed by atoms with E-state index >= 15 is 0 Å². The number of hydrogen-bond donors (Lipinski definition) is 1. The number of nitrogens with one attached hydrogen (secondary N) is 1. The van der Waals surface area contributed by atoms with Gasteiger partial charge in [-0.15, -0.1) is 0 Å². The fourth-order valence-electron chi connectivity index (χ4n) is 1.38. The first-order chi connectivity index (χ1) is 6.49. The Kier molecular flexibility index (Phi) is 2.88. The summed E-state index contributed by atoms with van der Waals surface area (Å²) in [4.78, 5) is 34.4. The molecule has 1 rings (SSSR count). The van der Waals surface area contributed by atoms with Crippen molar-refractivity contribution in [3.05, 3.63) is 0 Å². The number of rotatable bonds is 3. The zero-order valence-corrected chi connectivity index (χ0v) is 8.53. The van der Waals surface area contributed by atoms with E-state index in [4.69, 9.17) is 0 Å². The predicted molar refractivity (Wildman–Crippen MR) is 49.3 cm³/mol. The van der Waals surface area contributed by atoms with Crippen molar-refractivity contribution in [3.8, 4) is 0 Å². The van der Waals surface area contributed by atoms with E-state index in [9.17, 15) is 14.4 Å². The van der Waals surface area contributed by atoms with Gasteiger partial charge in [-0.25, -0.2) is 4.79 Å². The molecule has 2 atom stereocenters. The first-order valence-corrected chi connectivity index (χ1v) is 4.67. The van der Waals surface area contributed by atoms with Crippen LogP contribution in [-0.4, -0.2) is 28.8 Å². The predicted octanol–water partition coefficient (Wildman–Crippen LogP) is 0.499. The summed E-state index contributed by atoms with van der Waals surface area (Å²) in [7, 11) is 0. The van der Waals surface area contributed by atoms with E-state index in [1.807, 2.05) is 19.2 Å². The highest BCUT2D eigenvalue weighted by molar-refractivity contribution is 6.44. The number of nitrogens with zero attached hydrogens (tertiary/aromatic N) is 1. The van der Waals surface area contributed by atoms with Gasteiger partial charge in [0.25, 0.3) is 0 Å². The Balaban J connectivity index is 2.82. The van der Waals surface area contributed by atoms with E-state index < -0.39 is 17.8 Å². The second-order valence-electron chi connectivity index (χ2n) is 3.56. The zero-order chi connectivity index (χ0) is 10.9. The highest BCUT2D eigenvalue weighted by atomic mass is 16.2. The average Bonchev–Trinajstić information content (AvgIpc) is 2.39. The zero-order valence-electron chi connectivity index (χ0n) is 8.53. The lowest BCUT2D eigenvalue weighted by Gasteiger charge is -2.25. The highest BCUT2D eigenvalue weighted by Gasteiger charge is 2.40. The summed E-state index contributed by atoms with van der Waals surface area (Å²) >= 11 is 0. The van der Waals surface area contributed by atoms with Gasteiger partial charge in [-0.2, -0.15) is 0 Å². The molecule has 1 fully saturated rings. The summed E-state index contributed by atoms with van der Waals surface area (Å²) in [6.07, 6.45) is 0.854. The molecule has 5 nitrogen and oxygen atoms in total. The SMILES string of the molecule is CCC(C)C(C)N1C(=O)NC(=O)C1=O. The minimum atomic E-state index is -0.829. The summed E-state index contributed by atoms with van der Waals surface area (Å²) in [6.45, 7) is 5.68. The monoisotopic (exact) mass is 198 g/mol. The van der Waals surface area contributed by atoms with Gasteiger partial charge in [-0.1, -0.05) is 20.3 Å².